The van der Waals surface area contributed by atoms with Gasteiger partial charge in [0.15, 0.2) is 0 Å². The van der Waals surface area contributed by atoms with Gasteiger partial charge in [0.05, 0.1) is 19.9 Å². The van der Waals surface area contributed by atoms with E-state index in [2.05, 4.69) is 20.6 Å². The van der Waals surface area contributed by atoms with Crippen LogP contribution in [-0.2, 0) is 6.18 Å². The zero-order chi connectivity index (χ0) is 21.8. The monoisotopic (exact) mass is 412 g/mol. The van der Waals surface area contributed by atoms with E-state index in [1.54, 1.807) is 12.1 Å². The van der Waals surface area contributed by atoms with Crippen LogP contribution in [0.1, 0.15) is 36.7 Å². The number of hydrogen-bond donors (Lipinski definition) is 2. The number of carbonyl (C=O) groups is 1. The van der Waals surface area contributed by atoms with E-state index in [1.807, 2.05) is 20.8 Å². The van der Waals surface area contributed by atoms with Crippen LogP contribution < -0.4 is 20.1 Å². The number of benzene rings is 1. The molecule has 0 aliphatic rings. The van der Waals surface area contributed by atoms with Gasteiger partial charge in [-0.1, -0.05) is 20.8 Å². The van der Waals surface area contributed by atoms with Crippen LogP contribution in [-0.4, -0.2) is 36.6 Å². The fraction of sp³-hybridized carbons (Fsp3) is 0.421. The first-order chi connectivity index (χ1) is 13.4. The Morgan fingerprint density at radius 3 is 2.38 bits per heavy atom. The lowest BCUT2D eigenvalue weighted by Crippen LogP contribution is -2.32. The number of nitrogens with zero attached hydrogens (tertiary/aromatic N) is 2. The molecule has 0 unspecified atom stereocenters. The van der Waals surface area contributed by atoms with Gasteiger partial charge in [0.1, 0.15) is 11.3 Å². The lowest BCUT2D eigenvalue weighted by molar-refractivity contribution is -0.139. The van der Waals surface area contributed by atoms with Gasteiger partial charge in [0.2, 0.25) is 11.8 Å². The van der Waals surface area contributed by atoms with E-state index in [0.717, 1.165) is 7.11 Å². The summed E-state index contributed by atoms with van der Waals surface area (Å²) in [5.74, 6) is -0.682. The van der Waals surface area contributed by atoms with Gasteiger partial charge in [-0.05, 0) is 23.6 Å². The molecule has 0 radical (unpaired) electrons. The Hall–Kier alpha value is -3.04. The summed E-state index contributed by atoms with van der Waals surface area (Å²) < 4.78 is 48.8. The number of hydrogen-bond acceptors (Lipinski definition) is 6. The quantitative estimate of drug-likeness (QED) is 0.745. The van der Waals surface area contributed by atoms with Crippen LogP contribution in [0, 0.1) is 5.41 Å². The standard InChI is InChI=1S/C19H23F3N4O3/c1-18(2,3)10-24-15(27)11-6-7-13(14(8-11)28-4)25-17-23-9-12(19(20,21)22)16(26-17)29-5/h6-9H,10H2,1-5H3,(H,24,27)(H,23,25,26). The number of methoxy groups -OCH3 is 2. The van der Waals surface area contributed by atoms with Gasteiger partial charge in [-0.3, -0.25) is 4.79 Å². The number of ether oxygens (including phenoxy) is 2. The number of carbonyl (C=O) groups excluding carboxylic acids is 1. The molecule has 1 heterocycles. The zero-order valence-electron chi connectivity index (χ0n) is 16.8. The maximum atomic E-state index is 12.9. The molecule has 2 aromatic rings. The van der Waals surface area contributed by atoms with E-state index >= 15 is 0 Å². The third-order valence-electron chi connectivity index (χ3n) is 3.74. The molecule has 2 rings (SSSR count). The van der Waals surface area contributed by atoms with Gasteiger partial charge in [0.25, 0.3) is 5.91 Å². The van der Waals surface area contributed by atoms with Crippen molar-refractivity contribution in [3.63, 3.8) is 0 Å². The lowest BCUT2D eigenvalue weighted by atomic mass is 9.97. The number of amides is 1. The van der Waals surface area contributed by atoms with Crippen molar-refractivity contribution in [1.29, 1.82) is 0 Å². The molecule has 0 saturated carbocycles. The van der Waals surface area contributed by atoms with E-state index in [0.29, 0.717) is 29.7 Å². The topological polar surface area (TPSA) is 85.4 Å². The molecule has 0 aliphatic carbocycles. The largest absolute Gasteiger partial charge is 0.495 e. The SMILES string of the molecule is COc1cc(C(=O)NCC(C)(C)C)ccc1Nc1ncc(C(F)(F)F)c(OC)n1. The maximum absolute atomic E-state index is 12.9. The molecule has 29 heavy (non-hydrogen) atoms. The molecule has 10 heteroatoms. The van der Waals surface area contributed by atoms with Crippen LogP contribution in [0.4, 0.5) is 24.8 Å². The average molecular weight is 412 g/mol. The van der Waals surface area contributed by atoms with Crippen molar-refractivity contribution < 1.29 is 27.4 Å². The van der Waals surface area contributed by atoms with Crippen molar-refractivity contribution in [2.45, 2.75) is 26.9 Å². The zero-order valence-corrected chi connectivity index (χ0v) is 16.8. The predicted molar refractivity (Wildman–Crippen MR) is 102 cm³/mol. The Bertz CT molecular complexity index is 880. The Balaban J connectivity index is 2.24. The van der Waals surface area contributed by atoms with E-state index in [1.165, 1.54) is 13.2 Å². The van der Waals surface area contributed by atoms with E-state index in [9.17, 15) is 18.0 Å². The molecule has 0 saturated heterocycles. The summed E-state index contributed by atoms with van der Waals surface area (Å²) in [4.78, 5) is 19.7. The summed E-state index contributed by atoms with van der Waals surface area (Å²) in [6, 6.07) is 4.63. The summed E-state index contributed by atoms with van der Waals surface area (Å²) in [7, 11) is 2.50. The first kappa shape index (κ1) is 22.3. The Labute approximate surface area is 166 Å². The smallest absolute Gasteiger partial charge is 0.423 e. The maximum Gasteiger partial charge on any atom is 0.423 e. The Morgan fingerprint density at radius 2 is 1.83 bits per heavy atom. The highest BCUT2D eigenvalue weighted by Crippen LogP contribution is 2.35. The molecule has 7 nitrogen and oxygen atoms in total. The number of aromatic nitrogens is 2. The summed E-state index contributed by atoms with van der Waals surface area (Å²) in [6.07, 6.45) is -4.00. The highest BCUT2D eigenvalue weighted by atomic mass is 19.4. The van der Waals surface area contributed by atoms with Crippen LogP contribution in [0.3, 0.4) is 0 Å². The predicted octanol–water partition coefficient (Wildman–Crippen LogP) is 4.03. The number of rotatable bonds is 6. The molecule has 1 aromatic carbocycles. The first-order valence-electron chi connectivity index (χ1n) is 8.66. The van der Waals surface area contributed by atoms with Gasteiger partial charge >= 0.3 is 6.18 Å². The fourth-order valence-corrected chi connectivity index (χ4v) is 2.28. The Kier molecular flexibility index (Phi) is 6.55. The first-order valence-corrected chi connectivity index (χ1v) is 8.66. The second-order valence-electron chi connectivity index (χ2n) is 7.40. The summed E-state index contributed by atoms with van der Waals surface area (Å²) >= 11 is 0. The minimum atomic E-state index is -4.64. The number of anilines is 2. The molecule has 0 fully saturated rings. The van der Waals surface area contributed by atoms with Crippen LogP contribution in [0.15, 0.2) is 24.4 Å². The molecule has 0 atom stereocenters. The van der Waals surface area contributed by atoms with Gasteiger partial charge in [-0.25, -0.2) is 4.98 Å². The lowest BCUT2D eigenvalue weighted by Gasteiger charge is -2.19. The van der Waals surface area contributed by atoms with Crippen LogP contribution in [0.5, 0.6) is 11.6 Å². The van der Waals surface area contributed by atoms with Crippen molar-refractivity contribution in [2.75, 3.05) is 26.1 Å². The normalized spacial score (nSPS) is 11.7. The minimum absolute atomic E-state index is 0.0692. The third kappa shape index (κ3) is 5.97. The van der Waals surface area contributed by atoms with E-state index < -0.39 is 17.6 Å². The van der Waals surface area contributed by atoms with Gasteiger partial charge in [0, 0.05) is 18.3 Å². The summed E-state index contributed by atoms with van der Waals surface area (Å²) in [5.41, 5.74) is -0.395. The second-order valence-corrected chi connectivity index (χ2v) is 7.40. The van der Waals surface area contributed by atoms with Crippen molar-refractivity contribution >= 4 is 17.5 Å². The number of halogens is 3. The fourth-order valence-electron chi connectivity index (χ4n) is 2.28. The third-order valence-corrected chi connectivity index (χ3v) is 3.74. The van der Waals surface area contributed by atoms with Gasteiger partial charge in [-0.2, -0.15) is 18.2 Å². The highest BCUT2D eigenvalue weighted by molar-refractivity contribution is 5.95. The van der Waals surface area contributed by atoms with Crippen molar-refractivity contribution in [3.05, 3.63) is 35.5 Å². The van der Waals surface area contributed by atoms with Crippen molar-refractivity contribution in [2.24, 2.45) is 5.41 Å². The van der Waals surface area contributed by atoms with Crippen LogP contribution in [0.25, 0.3) is 0 Å². The Morgan fingerprint density at radius 1 is 1.14 bits per heavy atom. The summed E-state index contributed by atoms with van der Waals surface area (Å²) in [5, 5.41) is 5.61. The van der Waals surface area contributed by atoms with Crippen LogP contribution in [0.2, 0.25) is 0 Å². The van der Waals surface area contributed by atoms with Crippen LogP contribution >= 0.6 is 0 Å². The number of nitrogens with one attached hydrogen (secondary N) is 2. The average Bonchev–Trinajstić information content (AvgIpc) is 2.64. The molecule has 158 valence electrons. The molecule has 0 bridgehead atoms. The van der Waals surface area contributed by atoms with Crippen molar-refractivity contribution in [1.82, 2.24) is 15.3 Å². The molecule has 0 spiro atoms. The number of alkyl halides is 3. The second kappa shape index (κ2) is 8.54. The molecule has 1 aromatic heterocycles. The van der Waals surface area contributed by atoms with Gasteiger partial charge in [-0.15, -0.1) is 0 Å². The molecule has 1 amide bonds. The minimum Gasteiger partial charge on any atom is -0.495 e. The van der Waals surface area contributed by atoms with Gasteiger partial charge < -0.3 is 20.1 Å². The van der Waals surface area contributed by atoms with E-state index in [4.69, 9.17) is 9.47 Å². The highest BCUT2D eigenvalue weighted by Gasteiger charge is 2.36. The summed E-state index contributed by atoms with van der Waals surface area (Å²) in [6.45, 7) is 6.49. The van der Waals surface area contributed by atoms with Crippen molar-refractivity contribution in [3.8, 4) is 11.6 Å². The molecule has 2 N–H and O–H groups in total. The molecular formula is C19H23F3N4O3. The molecule has 0 aliphatic heterocycles. The van der Waals surface area contributed by atoms with E-state index in [-0.39, 0.29) is 17.3 Å². The molecular weight excluding hydrogens is 389 g/mol.